The summed E-state index contributed by atoms with van der Waals surface area (Å²) in [6.45, 7) is 1.70. The van der Waals surface area contributed by atoms with Crippen LogP contribution < -0.4 is 4.74 Å². The number of Topliss-reactive ketones (excluding diaryl/α,β-unsaturated/α-hetero) is 1. The Morgan fingerprint density at radius 3 is 2.58 bits per heavy atom. The first-order chi connectivity index (χ1) is 17.2. The van der Waals surface area contributed by atoms with Gasteiger partial charge in [0.25, 0.3) is 0 Å². The molecular weight excluding hydrogens is 493 g/mol. The summed E-state index contributed by atoms with van der Waals surface area (Å²) < 4.78 is 48.9. The minimum atomic E-state index is -1.59. The van der Waals surface area contributed by atoms with Gasteiger partial charge in [-0.3, -0.25) is 9.79 Å². The van der Waals surface area contributed by atoms with E-state index in [-0.39, 0.29) is 12.1 Å². The standard InChI is InChI=1S/C26H20ClF3N4O2/c1-14-11-33(13-32-14)21-4-3-15(6-23(21)36-2)5-17-7-18(27)12-34-25(22(35)10-31-26(17)34)16-8-19(28)24(30)20(29)9-16/h3-4,6-9,11-13,25H,5,10H2,1-2H3. The Hall–Kier alpha value is -3.85. The maximum absolute atomic E-state index is 14.0. The molecule has 36 heavy (non-hydrogen) atoms. The Kier molecular flexibility index (Phi) is 6.17. The number of imidazole rings is 1. The third-order valence-corrected chi connectivity index (χ3v) is 6.23. The highest BCUT2D eigenvalue weighted by Gasteiger charge is 2.36. The Morgan fingerprint density at radius 1 is 1.17 bits per heavy atom. The van der Waals surface area contributed by atoms with Gasteiger partial charge in [0.15, 0.2) is 23.2 Å². The average molecular weight is 513 g/mol. The van der Waals surface area contributed by atoms with E-state index in [1.54, 1.807) is 19.5 Å². The summed E-state index contributed by atoms with van der Waals surface area (Å²) in [6.07, 6.45) is 7.20. The molecule has 2 aromatic carbocycles. The quantitative estimate of drug-likeness (QED) is 0.441. The van der Waals surface area contributed by atoms with Gasteiger partial charge < -0.3 is 14.2 Å². The highest BCUT2D eigenvalue weighted by molar-refractivity contribution is 6.32. The number of hydrogen-bond acceptors (Lipinski definition) is 5. The predicted octanol–water partition coefficient (Wildman–Crippen LogP) is 5.19. The fourth-order valence-corrected chi connectivity index (χ4v) is 4.67. The number of methoxy groups -OCH3 is 1. The number of hydrogen-bond donors (Lipinski definition) is 0. The van der Waals surface area contributed by atoms with E-state index in [1.807, 2.05) is 35.9 Å². The summed E-state index contributed by atoms with van der Waals surface area (Å²) in [5.74, 6) is -3.65. The number of ether oxygens (including phenoxy) is 1. The molecule has 6 nitrogen and oxygen atoms in total. The number of ketones is 1. The molecule has 0 spiro atoms. The molecule has 0 radical (unpaired) electrons. The predicted molar refractivity (Wildman–Crippen MR) is 129 cm³/mol. The van der Waals surface area contributed by atoms with Gasteiger partial charge >= 0.3 is 0 Å². The Morgan fingerprint density at radius 2 is 1.92 bits per heavy atom. The molecule has 2 aliphatic heterocycles. The molecule has 0 saturated carbocycles. The van der Waals surface area contributed by atoms with Crippen LogP contribution in [0.5, 0.6) is 5.75 Å². The largest absolute Gasteiger partial charge is 0.495 e. The number of aromatic nitrogens is 2. The van der Waals surface area contributed by atoms with E-state index >= 15 is 0 Å². The summed E-state index contributed by atoms with van der Waals surface area (Å²) in [7, 11) is 1.58. The van der Waals surface area contributed by atoms with Gasteiger partial charge in [0.1, 0.15) is 24.2 Å². The molecule has 184 valence electrons. The molecule has 0 aliphatic carbocycles. The van der Waals surface area contributed by atoms with Crippen LogP contribution in [0.15, 0.2) is 70.7 Å². The van der Waals surface area contributed by atoms with E-state index in [1.165, 1.54) is 11.1 Å². The molecule has 3 aromatic rings. The highest BCUT2D eigenvalue weighted by Crippen LogP contribution is 2.35. The van der Waals surface area contributed by atoms with E-state index in [4.69, 9.17) is 16.3 Å². The van der Waals surface area contributed by atoms with Gasteiger partial charge in [0.05, 0.1) is 29.9 Å². The van der Waals surface area contributed by atoms with Crippen molar-refractivity contribution in [3.8, 4) is 11.4 Å². The minimum Gasteiger partial charge on any atom is -0.495 e. The van der Waals surface area contributed by atoms with Gasteiger partial charge in [-0.05, 0) is 48.4 Å². The van der Waals surface area contributed by atoms with Crippen LogP contribution in [0.1, 0.15) is 22.9 Å². The number of amidine groups is 1. The summed E-state index contributed by atoms with van der Waals surface area (Å²) >= 11 is 6.39. The van der Waals surface area contributed by atoms with Crippen molar-refractivity contribution in [3.05, 3.63) is 100 Å². The number of aryl methyl sites for hydroxylation is 1. The number of aliphatic imine (C=N–C) groups is 1. The monoisotopic (exact) mass is 512 g/mol. The van der Waals surface area contributed by atoms with Crippen LogP contribution in [0, 0.1) is 24.4 Å². The zero-order chi connectivity index (χ0) is 25.6. The van der Waals surface area contributed by atoms with Gasteiger partial charge in [-0.25, -0.2) is 18.2 Å². The van der Waals surface area contributed by atoms with Crippen molar-refractivity contribution in [2.45, 2.75) is 19.4 Å². The number of rotatable bonds is 5. The van der Waals surface area contributed by atoms with Crippen LogP contribution in [0.3, 0.4) is 0 Å². The molecule has 2 aliphatic rings. The van der Waals surface area contributed by atoms with Crippen molar-refractivity contribution in [1.29, 1.82) is 0 Å². The maximum Gasteiger partial charge on any atom is 0.194 e. The van der Waals surface area contributed by atoms with Crippen LogP contribution in [0.2, 0.25) is 0 Å². The van der Waals surface area contributed by atoms with Gasteiger partial charge in [0, 0.05) is 24.4 Å². The Bertz CT molecular complexity index is 1450. The second-order valence-electron chi connectivity index (χ2n) is 8.50. The number of fused-ring (bicyclic) bond motifs is 1. The first-order valence-corrected chi connectivity index (χ1v) is 11.4. The molecule has 5 rings (SSSR count). The van der Waals surface area contributed by atoms with Crippen LogP contribution in [0.25, 0.3) is 5.69 Å². The summed E-state index contributed by atoms with van der Waals surface area (Å²) in [5, 5.41) is 0.309. The van der Waals surface area contributed by atoms with Gasteiger partial charge in [-0.2, -0.15) is 0 Å². The van der Waals surface area contributed by atoms with Crippen LogP contribution in [-0.4, -0.2) is 39.7 Å². The lowest BCUT2D eigenvalue weighted by Gasteiger charge is -2.37. The van der Waals surface area contributed by atoms with E-state index < -0.39 is 29.3 Å². The van der Waals surface area contributed by atoms with Crippen molar-refractivity contribution < 1.29 is 22.7 Å². The Labute approximate surface area is 210 Å². The molecule has 10 heteroatoms. The number of carbonyl (C=O) groups is 1. The number of nitrogens with zero attached hydrogens (tertiary/aromatic N) is 4. The molecule has 3 heterocycles. The molecule has 0 fully saturated rings. The molecule has 0 N–H and O–H groups in total. The number of allylic oxidation sites excluding steroid dienone is 2. The van der Waals surface area contributed by atoms with Crippen LogP contribution >= 0.6 is 11.6 Å². The van der Waals surface area contributed by atoms with Crippen molar-refractivity contribution in [3.63, 3.8) is 0 Å². The van der Waals surface area contributed by atoms with E-state index in [2.05, 4.69) is 9.98 Å². The van der Waals surface area contributed by atoms with E-state index in [0.29, 0.717) is 28.6 Å². The molecule has 1 atom stereocenters. The van der Waals surface area contributed by atoms with Crippen molar-refractivity contribution >= 4 is 23.2 Å². The van der Waals surface area contributed by atoms with Gasteiger partial charge in [-0.15, -0.1) is 0 Å². The normalized spacial score (nSPS) is 17.4. The summed E-state index contributed by atoms with van der Waals surface area (Å²) in [4.78, 5) is 22.9. The zero-order valence-electron chi connectivity index (χ0n) is 19.3. The third-order valence-electron chi connectivity index (χ3n) is 6.02. The van der Waals surface area contributed by atoms with Gasteiger partial charge in [-0.1, -0.05) is 17.7 Å². The number of carbonyl (C=O) groups excluding carboxylic acids is 1. The first-order valence-electron chi connectivity index (χ1n) is 11.0. The zero-order valence-corrected chi connectivity index (χ0v) is 20.1. The lowest BCUT2D eigenvalue weighted by molar-refractivity contribution is -0.121. The van der Waals surface area contributed by atoms with E-state index in [9.17, 15) is 18.0 Å². The number of halogens is 4. The topological polar surface area (TPSA) is 59.7 Å². The SMILES string of the molecule is COc1cc(CC2=CC(Cl)=CN3C2=NCC(=O)C3c2cc(F)c(F)c(F)c2)ccc1-n1cnc(C)c1. The van der Waals surface area contributed by atoms with Crippen LogP contribution in [0.4, 0.5) is 13.2 Å². The molecule has 1 unspecified atom stereocenters. The fraction of sp³-hybridized carbons (Fsp3) is 0.192. The summed E-state index contributed by atoms with van der Waals surface area (Å²) in [6, 6.07) is 6.28. The Balaban J connectivity index is 1.48. The minimum absolute atomic E-state index is 0.0209. The average Bonchev–Trinajstić information content (AvgIpc) is 3.27. The fourth-order valence-electron chi connectivity index (χ4n) is 4.43. The molecule has 1 aromatic heterocycles. The lowest BCUT2D eigenvalue weighted by Crippen LogP contribution is -2.43. The lowest BCUT2D eigenvalue weighted by atomic mass is 9.94. The second kappa shape index (κ2) is 9.31. The smallest absolute Gasteiger partial charge is 0.194 e. The molecule has 0 bridgehead atoms. The first kappa shape index (κ1) is 23.9. The van der Waals surface area contributed by atoms with Crippen molar-refractivity contribution in [2.24, 2.45) is 4.99 Å². The van der Waals surface area contributed by atoms with Crippen LogP contribution in [-0.2, 0) is 11.2 Å². The molecular formula is C26H20ClF3N4O2. The molecule has 0 amide bonds. The summed E-state index contributed by atoms with van der Waals surface area (Å²) in [5.41, 5.74) is 3.26. The molecule has 0 saturated heterocycles. The third kappa shape index (κ3) is 4.30. The van der Waals surface area contributed by atoms with Crippen molar-refractivity contribution in [1.82, 2.24) is 14.5 Å². The second-order valence-corrected chi connectivity index (χ2v) is 8.94. The maximum atomic E-state index is 14.0. The van der Waals surface area contributed by atoms with Gasteiger partial charge in [0.2, 0.25) is 0 Å². The highest BCUT2D eigenvalue weighted by atomic mass is 35.5. The number of benzene rings is 2. The van der Waals surface area contributed by atoms with Crippen molar-refractivity contribution in [2.75, 3.05) is 13.7 Å². The van der Waals surface area contributed by atoms with E-state index in [0.717, 1.165) is 29.1 Å².